The first-order chi connectivity index (χ1) is 11.9. The lowest BCUT2D eigenvalue weighted by Crippen LogP contribution is -2.30. The van der Waals surface area contributed by atoms with Crippen molar-refractivity contribution in [1.29, 1.82) is 0 Å². The Morgan fingerprint density at radius 3 is 2.56 bits per heavy atom. The molecule has 2 aromatic heterocycles. The van der Waals surface area contributed by atoms with E-state index in [1.807, 2.05) is 62.7 Å². The van der Waals surface area contributed by atoms with Gasteiger partial charge in [0.2, 0.25) is 0 Å². The first-order valence-corrected chi connectivity index (χ1v) is 8.37. The van der Waals surface area contributed by atoms with Crippen LogP contribution in [0.25, 0.3) is 11.3 Å². The molecule has 1 amide bonds. The van der Waals surface area contributed by atoms with Crippen LogP contribution in [0.3, 0.4) is 0 Å². The molecule has 0 aliphatic carbocycles. The van der Waals surface area contributed by atoms with Crippen LogP contribution >= 0.6 is 0 Å². The summed E-state index contributed by atoms with van der Waals surface area (Å²) in [5.41, 5.74) is 5.45. The smallest absolute Gasteiger partial charge is 0.269 e. The Bertz CT molecular complexity index is 876. The predicted octanol–water partition coefficient (Wildman–Crippen LogP) is 3.19. The Labute approximate surface area is 147 Å². The molecule has 2 heterocycles. The summed E-state index contributed by atoms with van der Waals surface area (Å²) in [5.74, 6) is -0.167. The maximum absolute atomic E-state index is 12.4. The molecule has 130 valence electrons. The number of H-pyrrole nitrogens is 1. The van der Waals surface area contributed by atoms with Crippen LogP contribution in [0.4, 0.5) is 0 Å². The molecule has 0 aliphatic rings. The molecule has 2 N–H and O–H groups in total. The molecule has 6 heteroatoms. The summed E-state index contributed by atoms with van der Waals surface area (Å²) in [4.78, 5) is 12.4. The van der Waals surface area contributed by atoms with Gasteiger partial charge in [0.05, 0.1) is 17.4 Å². The van der Waals surface area contributed by atoms with Crippen molar-refractivity contribution in [2.75, 3.05) is 6.54 Å². The average molecular weight is 337 g/mol. The van der Waals surface area contributed by atoms with E-state index in [-0.39, 0.29) is 11.9 Å². The highest BCUT2D eigenvalue weighted by atomic mass is 16.1. The lowest BCUT2D eigenvalue weighted by molar-refractivity contribution is 0.0942. The molecule has 6 nitrogen and oxygen atoms in total. The van der Waals surface area contributed by atoms with Crippen molar-refractivity contribution in [3.05, 3.63) is 59.0 Å². The second-order valence-corrected chi connectivity index (χ2v) is 6.46. The first-order valence-electron chi connectivity index (χ1n) is 8.37. The molecule has 0 saturated carbocycles. The molecular weight excluding hydrogens is 314 g/mol. The zero-order valence-electron chi connectivity index (χ0n) is 15.0. The molecule has 0 spiro atoms. The maximum Gasteiger partial charge on any atom is 0.269 e. The van der Waals surface area contributed by atoms with E-state index < -0.39 is 0 Å². The van der Waals surface area contributed by atoms with Gasteiger partial charge in [-0.25, -0.2) is 0 Å². The predicted molar refractivity (Wildman–Crippen MR) is 97.5 cm³/mol. The van der Waals surface area contributed by atoms with Gasteiger partial charge in [0.15, 0.2) is 0 Å². The maximum atomic E-state index is 12.4. The van der Waals surface area contributed by atoms with Crippen molar-refractivity contribution in [3.8, 4) is 11.3 Å². The lowest BCUT2D eigenvalue weighted by atomic mass is 10.1. The summed E-state index contributed by atoms with van der Waals surface area (Å²) in [6, 6.07) is 11.9. The highest BCUT2D eigenvalue weighted by molar-refractivity contribution is 5.93. The van der Waals surface area contributed by atoms with Gasteiger partial charge in [-0.15, -0.1) is 0 Å². The number of aromatic nitrogens is 4. The van der Waals surface area contributed by atoms with E-state index in [1.165, 1.54) is 5.56 Å². The number of rotatable bonds is 5. The number of aromatic amines is 1. The number of nitrogens with zero attached hydrogens (tertiary/aromatic N) is 3. The van der Waals surface area contributed by atoms with E-state index in [1.54, 1.807) is 6.07 Å². The third-order valence-corrected chi connectivity index (χ3v) is 4.19. The van der Waals surface area contributed by atoms with Gasteiger partial charge in [-0.2, -0.15) is 10.2 Å². The van der Waals surface area contributed by atoms with Gasteiger partial charge in [0.1, 0.15) is 5.69 Å². The SMILES string of the molecule is Cc1ccc(-c2cc(C(=O)NC[C@H](C)n3nc(C)cc3C)[nH]n2)cc1. The van der Waals surface area contributed by atoms with Crippen LogP contribution in [0.5, 0.6) is 0 Å². The Balaban J connectivity index is 1.64. The molecular formula is C19H23N5O. The Morgan fingerprint density at radius 2 is 1.92 bits per heavy atom. The number of hydrogen-bond acceptors (Lipinski definition) is 3. The normalized spacial score (nSPS) is 12.2. The second kappa shape index (κ2) is 6.93. The minimum absolute atomic E-state index is 0.0807. The van der Waals surface area contributed by atoms with Crippen molar-refractivity contribution >= 4 is 5.91 Å². The number of benzene rings is 1. The van der Waals surface area contributed by atoms with E-state index in [2.05, 4.69) is 20.6 Å². The van der Waals surface area contributed by atoms with Crippen LogP contribution in [0.15, 0.2) is 36.4 Å². The van der Waals surface area contributed by atoms with Crippen molar-refractivity contribution < 1.29 is 4.79 Å². The van der Waals surface area contributed by atoms with Crippen LogP contribution in [0.2, 0.25) is 0 Å². The number of hydrogen-bond donors (Lipinski definition) is 2. The molecule has 1 aromatic carbocycles. The third-order valence-electron chi connectivity index (χ3n) is 4.19. The van der Waals surface area contributed by atoms with Gasteiger partial charge in [0, 0.05) is 17.8 Å². The Hall–Kier alpha value is -2.89. The number of carbonyl (C=O) groups is 1. The van der Waals surface area contributed by atoms with Crippen LogP contribution < -0.4 is 5.32 Å². The number of nitrogens with one attached hydrogen (secondary N) is 2. The monoisotopic (exact) mass is 337 g/mol. The Kier molecular flexibility index (Phi) is 4.70. The van der Waals surface area contributed by atoms with Gasteiger partial charge in [-0.3, -0.25) is 14.6 Å². The molecule has 3 aromatic rings. The van der Waals surface area contributed by atoms with Gasteiger partial charge < -0.3 is 5.32 Å². The zero-order valence-corrected chi connectivity index (χ0v) is 15.0. The van der Waals surface area contributed by atoms with Gasteiger partial charge >= 0.3 is 0 Å². The summed E-state index contributed by atoms with van der Waals surface area (Å²) < 4.78 is 1.93. The van der Waals surface area contributed by atoms with Crippen molar-refractivity contribution in [1.82, 2.24) is 25.3 Å². The van der Waals surface area contributed by atoms with Crippen molar-refractivity contribution in [2.24, 2.45) is 0 Å². The largest absolute Gasteiger partial charge is 0.349 e. The average Bonchev–Trinajstić information content (AvgIpc) is 3.20. The molecule has 0 fully saturated rings. The van der Waals surface area contributed by atoms with E-state index >= 15 is 0 Å². The quantitative estimate of drug-likeness (QED) is 0.751. The lowest BCUT2D eigenvalue weighted by Gasteiger charge is -2.14. The van der Waals surface area contributed by atoms with E-state index in [4.69, 9.17) is 0 Å². The molecule has 0 unspecified atom stereocenters. The standard InChI is InChI=1S/C19H23N5O/c1-12-5-7-16(8-6-12)17-10-18(22-21-17)19(25)20-11-15(4)24-14(3)9-13(2)23-24/h5-10,15H,11H2,1-4H3,(H,20,25)(H,21,22)/t15-/m0/s1. The topological polar surface area (TPSA) is 75.6 Å². The third kappa shape index (κ3) is 3.79. The minimum atomic E-state index is -0.167. The zero-order chi connectivity index (χ0) is 18.0. The summed E-state index contributed by atoms with van der Waals surface area (Å²) in [5, 5.41) is 14.4. The number of amides is 1. The highest BCUT2D eigenvalue weighted by Gasteiger charge is 2.14. The fraction of sp³-hybridized carbons (Fsp3) is 0.316. The molecule has 1 atom stereocenters. The molecule has 3 rings (SSSR count). The summed E-state index contributed by atoms with van der Waals surface area (Å²) >= 11 is 0. The van der Waals surface area contributed by atoms with Crippen LogP contribution in [0, 0.1) is 20.8 Å². The number of carbonyl (C=O) groups excluding carboxylic acids is 1. The summed E-state index contributed by atoms with van der Waals surface area (Å²) in [6.07, 6.45) is 0. The van der Waals surface area contributed by atoms with Crippen LogP contribution in [-0.2, 0) is 0 Å². The summed E-state index contributed by atoms with van der Waals surface area (Å²) in [7, 11) is 0. The van der Waals surface area contributed by atoms with Crippen LogP contribution in [0.1, 0.15) is 40.4 Å². The van der Waals surface area contributed by atoms with Gasteiger partial charge in [-0.05, 0) is 39.8 Å². The Morgan fingerprint density at radius 1 is 1.20 bits per heavy atom. The van der Waals surface area contributed by atoms with Gasteiger partial charge in [0.25, 0.3) is 5.91 Å². The van der Waals surface area contributed by atoms with Crippen LogP contribution in [-0.4, -0.2) is 32.4 Å². The second-order valence-electron chi connectivity index (χ2n) is 6.46. The van der Waals surface area contributed by atoms with E-state index in [0.717, 1.165) is 22.6 Å². The fourth-order valence-electron chi connectivity index (χ4n) is 2.82. The molecule has 0 saturated heterocycles. The van der Waals surface area contributed by atoms with Crippen molar-refractivity contribution in [2.45, 2.75) is 33.7 Å². The first kappa shape index (κ1) is 17.0. The molecule has 25 heavy (non-hydrogen) atoms. The number of aryl methyl sites for hydroxylation is 3. The van der Waals surface area contributed by atoms with E-state index in [0.29, 0.717) is 12.2 Å². The molecule has 0 bridgehead atoms. The summed E-state index contributed by atoms with van der Waals surface area (Å²) in [6.45, 7) is 8.55. The minimum Gasteiger partial charge on any atom is -0.349 e. The fourth-order valence-corrected chi connectivity index (χ4v) is 2.82. The highest BCUT2D eigenvalue weighted by Crippen LogP contribution is 2.18. The van der Waals surface area contributed by atoms with E-state index in [9.17, 15) is 4.79 Å². The molecule has 0 radical (unpaired) electrons. The van der Waals surface area contributed by atoms with Gasteiger partial charge in [-0.1, -0.05) is 29.8 Å². The van der Waals surface area contributed by atoms with Crippen molar-refractivity contribution in [3.63, 3.8) is 0 Å². The molecule has 0 aliphatic heterocycles.